The van der Waals surface area contributed by atoms with Crippen LogP contribution < -0.4 is 0 Å². The lowest BCUT2D eigenvalue weighted by atomic mass is 9.80. The third-order valence-electron chi connectivity index (χ3n) is 6.16. The largest absolute Gasteiger partial charge is 0.0730 e. The number of allylic oxidation sites excluding steroid dienone is 4. The van der Waals surface area contributed by atoms with Crippen LogP contribution in [0.1, 0.15) is 90.9 Å². The van der Waals surface area contributed by atoms with Crippen LogP contribution in [0.3, 0.4) is 0 Å². The highest BCUT2D eigenvalue weighted by Crippen LogP contribution is 2.32. The SMILES string of the molecule is CCCC1CCC(C=CC#CC=CC2CCC(CCC)CC2)CC1. The molecule has 0 nitrogen and oxygen atoms in total. The lowest BCUT2D eigenvalue weighted by molar-refractivity contribution is 0.294. The van der Waals surface area contributed by atoms with E-state index in [1.807, 2.05) is 0 Å². The Morgan fingerprint density at radius 1 is 0.625 bits per heavy atom. The molecule has 0 aliphatic heterocycles. The van der Waals surface area contributed by atoms with Crippen molar-refractivity contribution in [3.63, 3.8) is 0 Å². The Morgan fingerprint density at radius 3 is 1.33 bits per heavy atom. The normalized spacial score (nSPS) is 31.2. The highest BCUT2D eigenvalue weighted by atomic mass is 14.2. The first-order valence-corrected chi connectivity index (χ1v) is 10.7. The molecule has 0 heteroatoms. The van der Waals surface area contributed by atoms with Gasteiger partial charge in [0.1, 0.15) is 0 Å². The maximum absolute atomic E-state index is 3.22. The molecule has 0 saturated heterocycles. The maximum atomic E-state index is 3.22. The zero-order chi connectivity index (χ0) is 17.0. The van der Waals surface area contributed by atoms with Gasteiger partial charge in [0, 0.05) is 0 Å². The molecule has 2 rings (SSSR count). The van der Waals surface area contributed by atoms with Gasteiger partial charge in [-0.25, -0.2) is 0 Å². The summed E-state index contributed by atoms with van der Waals surface area (Å²) in [4.78, 5) is 0. The minimum Gasteiger partial charge on any atom is -0.0730 e. The summed E-state index contributed by atoms with van der Waals surface area (Å²) >= 11 is 0. The summed E-state index contributed by atoms with van der Waals surface area (Å²) in [6.45, 7) is 4.62. The van der Waals surface area contributed by atoms with Crippen LogP contribution in [0.2, 0.25) is 0 Å². The van der Waals surface area contributed by atoms with Crippen LogP contribution in [-0.4, -0.2) is 0 Å². The Morgan fingerprint density at radius 2 is 1.00 bits per heavy atom. The first-order valence-electron chi connectivity index (χ1n) is 10.7. The fourth-order valence-electron chi connectivity index (χ4n) is 4.62. The van der Waals surface area contributed by atoms with Crippen molar-refractivity contribution in [2.45, 2.75) is 90.9 Å². The number of hydrogen-bond donors (Lipinski definition) is 0. The van der Waals surface area contributed by atoms with E-state index in [-0.39, 0.29) is 0 Å². The predicted molar refractivity (Wildman–Crippen MR) is 107 cm³/mol. The smallest absolute Gasteiger partial charge is 0.0153 e. The Balaban J connectivity index is 1.62. The van der Waals surface area contributed by atoms with E-state index in [0.29, 0.717) is 0 Å². The van der Waals surface area contributed by atoms with Crippen molar-refractivity contribution in [1.82, 2.24) is 0 Å². The van der Waals surface area contributed by atoms with Crippen molar-refractivity contribution < 1.29 is 0 Å². The molecule has 0 aromatic carbocycles. The van der Waals surface area contributed by atoms with E-state index in [2.05, 4.69) is 50.0 Å². The third-order valence-corrected chi connectivity index (χ3v) is 6.16. The molecular formula is C24H38. The molecular weight excluding hydrogens is 288 g/mol. The molecule has 2 aliphatic carbocycles. The molecule has 0 aromatic rings. The monoisotopic (exact) mass is 326 g/mol. The highest BCUT2D eigenvalue weighted by molar-refractivity contribution is 5.24. The molecule has 0 spiro atoms. The average molecular weight is 327 g/mol. The summed E-state index contributed by atoms with van der Waals surface area (Å²) < 4.78 is 0. The number of rotatable bonds is 6. The van der Waals surface area contributed by atoms with Gasteiger partial charge in [0.2, 0.25) is 0 Å². The Bertz CT molecular complexity index is 388. The maximum Gasteiger partial charge on any atom is -0.0153 e. The van der Waals surface area contributed by atoms with Crippen molar-refractivity contribution in [3.05, 3.63) is 24.3 Å². The van der Waals surface area contributed by atoms with Crippen LogP contribution in [-0.2, 0) is 0 Å². The van der Waals surface area contributed by atoms with Gasteiger partial charge in [-0.1, -0.05) is 63.5 Å². The summed E-state index contributed by atoms with van der Waals surface area (Å²) in [5.41, 5.74) is 0. The van der Waals surface area contributed by atoms with Crippen molar-refractivity contribution in [2.75, 3.05) is 0 Å². The molecule has 0 unspecified atom stereocenters. The standard InChI is InChI=1S/C24H38/c1-3-9-21-13-17-23(18-14-21)11-7-5-6-8-12-24-19-15-22(10-4-2)16-20-24/h7-8,11-12,21-24H,3-4,9-10,13-20H2,1-2H3. The first-order chi connectivity index (χ1) is 11.8. The van der Waals surface area contributed by atoms with Crippen molar-refractivity contribution in [2.24, 2.45) is 23.7 Å². The van der Waals surface area contributed by atoms with Gasteiger partial charge < -0.3 is 0 Å². The molecule has 24 heavy (non-hydrogen) atoms. The van der Waals surface area contributed by atoms with Crippen molar-refractivity contribution >= 4 is 0 Å². The quantitative estimate of drug-likeness (QED) is 0.449. The second-order valence-electron chi connectivity index (χ2n) is 8.15. The fraction of sp³-hybridized carbons (Fsp3) is 0.750. The Hall–Kier alpha value is -0.960. The topological polar surface area (TPSA) is 0 Å². The minimum absolute atomic E-state index is 0.783. The zero-order valence-electron chi connectivity index (χ0n) is 16.1. The summed E-state index contributed by atoms with van der Waals surface area (Å²) in [5.74, 6) is 10.0. The highest BCUT2D eigenvalue weighted by Gasteiger charge is 2.19. The lowest BCUT2D eigenvalue weighted by Crippen LogP contribution is -2.12. The van der Waals surface area contributed by atoms with Crippen molar-refractivity contribution in [3.8, 4) is 11.8 Å². The van der Waals surface area contributed by atoms with Gasteiger partial charge in [-0.2, -0.15) is 0 Å². The molecule has 2 aliphatic rings. The predicted octanol–water partition coefficient (Wildman–Crippen LogP) is 7.32. The van der Waals surface area contributed by atoms with E-state index in [9.17, 15) is 0 Å². The fourth-order valence-corrected chi connectivity index (χ4v) is 4.62. The van der Waals surface area contributed by atoms with Crippen LogP contribution in [0.4, 0.5) is 0 Å². The van der Waals surface area contributed by atoms with E-state index >= 15 is 0 Å². The summed E-state index contributed by atoms with van der Waals surface area (Å²) in [7, 11) is 0. The zero-order valence-corrected chi connectivity index (χ0v) is 16.1. The summed E-state index contributed by atoms with van der Waals surface area (Å²) in [6, 6.07) is 0. The average Bonchev–Trinajstić information content (AvgIpc) is 2.61. The molecule has 0 aromatic heterocycles. The van der Waals surface area contributed by atoms with Crippen LogP contribution in [0.25, 0.3) is 0 Å². The van der Waals surface area contributed by atoms with E-state index in [1.165, 1.54) is 77.0 Å². The Labute approximate surface area is 151 Å². The van der Waals surface area contributed by atoms with Gasteiger partial charge in [-0.3, -0.25) is 0 Å². The second-order valence-corrected chi connectivity index (χ2v) is 8.15. The second kappa shape index (κ2) is 11.6. The van der Waals surface area contributed by atoms with E-state index in [1.54, 1.807) is 0 Å². The molecule has 0 heterocycles. The van der Waals surface area contributed by atoms with Crippen molar-refractivity contribution in [1.29, 1.82) is 0 Å². The molecule has 134 valence electrons. The molecule has 0 radical (unpaired) electrons. The molecule has 0 N–H and O–H groups in total. The number of hydrogen-bond acceptors (Lipinski definition) is 0. The van der Waals surface area contributed by atoms with Gasteiger partial charge in [0.05, 0.1) is 0 Å². The van der Waals surface area contributed by atoms with Crippen LogP contribution in [0.15, 0.2) is 24.3 Å². The van der Waals surface area contributed by atoms with Gasteiger partial charge in [-0.15, -0.1) is 0 Å². The first kappa shape index (κ1) is 19.4. The van der Waals surface area contributed by atoms with E-state index in [0.717, 1.165) is 23.7 Å². The lowest BCUT2D eigenvalue weighted by Gasteiger charge is -2.26. The van der Waals surface area contributed by atoms with Gasteiger partial charge in [0.25, 0.3) is 0 Å². The van der Waals surface area contributed by atoms with Gasteiger partial charge >= 0.3 is 0 Å². The Kier molecular flexibility index (Phi) is 9.34. The summed E-state index contributed by atoms with van der Waals surface area (Å²) in [5, 5.41) is 0. The molecule has 2 saturated carbocycles. The van der Waals surface area contributed by atoms with E-state index in [4.69, 9.17) is 0 Å². The van der Waals surface area contributed by atoms with Gasteiger partial charge in [0.15, 0.2) is 0 Å². The molecule has 0 amide bonds. The van der Waals surface area contributed by atoms with Crippen LogP contribution >= 0.6 is 0 Å². The van der Waals surface area contributed by atoms with Crippen LogP contribution in [0, 0.1) is 35.5 Å². The summed E-state index contributed by atoms with van der Waals surface area (Å²) in [6.07, 6.45) is 25.7. The molecule has 0 bridgehead atoms. The third kappa shape index (κ3) is 7.29. The van der Waals surface area contributed by atoms with E-state index < -0.39 is 0 Å². The molecule has 2 fully saturated rings. The minimum atomic E-state index is 0.783. The molecule has 0 atom stereocenters. The van der Waals surface area contributed by atoms with Gasteiger partial charge in [-0.05, 0) is 87.2 Å². The van der Waals surface area contributed by atoms with Crippen LogP contribution in [0.5, 0.6) is 0 Å².